The van der Waals surface area contributed by atoms with Crippen LogP contribution in [0.15, 0.2) is 67.3 Å². The molecule has 0 aliphatic carbocycles. The number of ether oxygens (including phenoxy) is 1. The smallest absolute Gasteiger partial charge is 0.410 e. The van der Waals surface area contributed by atoms with E-state index in [1.807, 2.05) is 57.7 Å². The number of benzene rings is 1. The fourth-order valence-electron chi connectivity index (χ4n) is 5.52. The van der Waals surface area contributed by atoms with Crippen molar-refractivity contribution in [3.05, 3.63) is 83.4 Å². The molecular weight excluding hydrogens is 606 g/mol. The highest BCUT2D eigenvalue weighted by Gasteiger charge is 2.34. The van der Waals surface area contributed by atoms with Crippen molar-refractivity contribution in [2.45, 2.75) is 52.2 Å². The van der Waals surface area contributed by atoms with E-state index in [0.717, 1.165) is 16.6 Å². The Morgan fingerprint density at radius 3 is 2.39 bits per heavy atom. The molecule has 4 aromatic rings. The number of H-pyrrole nitrogens is 1. The van der Waals surface area contributed by atoms with E-state index in [1.54, 1.807) is 47.8 Å². The largest absolute Gasteiger partial charge is 0.444 e. The molecule has 0 bridgehead atoms. The number of rotatable bonds is 8. The number of hydrogen-bond donors (Lipinski definition) is 2. The van der Waals surface area contributed by atoms with Crippen molar-refractivity contribution in [1.82, 2.24) is 24.8 Å². The van der Waals surface area contributed by atoms with Gasteiger partial charge >= 0.3 is 6.09 Å². The fraction of sp³-hybridized carbons (Fsp3) is 0.382. The Bertz CT molecular complexity index is 1680. The van der Waals surface area contributed by atoms with E-state index in [0.29, 0.717) is 48.1 Å². The van der Waals surface area contributed by atoms with E-state index in [-0.39, 0.29) is 24.4 Å². The zero-order valence-corrected chi connectivity index (χ0v) is 27.5. The van der Waals surface area contributed by atoms with Gasteiger partial charge in [0.05, 0.1) is 28.2 Å². The summed E-state index contributed by atoms with van der Waals surface area (Å²) in [5, 5.41) is 4.35. The lowest BCUT2D eigenvalue weighted by Gasteiger charge is -2.39. The first-order valence-corrected chi connectivity index (χ1v) is 15.8. The minimum absolute atomic E-state index is 0.0675. The van der Waals surface area contributed by atoms with Gasteiger partial charge in [0.1, 0.15) is 11.2 Å². The Hall–Kier alpha value is -4.64. The zero-order chi connectivity index (χ0) is 33.0. The third kappa shape index (κ3) is 7.59. The highest BCUT2D eigenvalue weighted by molar-refractivity contribution is 6.30. The van der Waals surface area contributed by atoms with Crippen LogP contribution < -0.4 is 10.2 Å². The van der Waals surface area contributed by atoms with Crippen LogP contribution in [0.25, 0.3) is 11.0 Å². The first-order valence-electron chi connectivity index (χ1n) is 15.4. The second kappa shape index (κ2) is 13.8. The molecule has 1 aliphatic rings. The Morgan fingerprint density at radius 2 is 1.76 bits per heavy atom. The maximum absolute atomic E-state index is 14.2. The first kappa shape index (κ1) is 32.7. The Labute approximate surface area is 273 Å². The lowest BCUT2D eigenvalue weighted by molar-refractivity contribution is -0.133. The highest BCUT2D eigenvalue weighted by atomic mass is 35.5. The average molecular weight is 646 g/mol. The number of carbonyl (C=O) groups excluding carboxylic acids is 3. The number of hydrogen-bond acceptors (Lipinski definition) is 7. The van der Waals surface area contributed by atoms with Gasteiger partial charge in [-0.2, -0.15) is 0 Å². The minimum atomic E-state index is -0.667. The van der Waals surface area contributed by atoms with E-state index >= 15 is 0 Å². The van der Waals surface area contributed by atoms with Crippen LogP contribution in [0, 0.1) is 0 Å². The summed E-state index contributed by atoms with van der Waals surface area (Å²) in [5.74, 6) is -0.943. The van der Waals surface area contributed by atoms with Crippen molar-refractivity contribution in [3.8, 4) is 0 Å². The molecule has 1 atom stereocenters. The summed E-state index contributed by atoms with van der Waals surface area (Å²) in [6, 6.07) is 12.4. The van der Waals surface area contributed by atoms with Crippen molar-refractivity contribution >= 4 is 51.9 Å². The summed E-state index contributed by atoms with van der Waals surface area (Å²) in [4.78, 5) is 57.6. The third-order valence-corrected chi connectivity index (χ3v) is 8.11. The molecule has 0 saturated carbocycles. The Balaban J connectivity index is 1.34. The summed E-state index contributed by atoms with van der Waals surface area (Å²) in [7, 11) is 0. The number of piperazine rings is 1. The Morgan fingerprint density at radius 1 is 1.04 bits per heavy atom. The van der Waals surface area contributed by atoms with Crippen LogP contribution in [-0.4, -0.2) is 87.0 Å². The number of fused-ring (bicyclic) bond motifs is 1. The molecule has 11 nitrogen and oxygen atoms in total. The minimum Gasteiger partial charge on any atom is -0.444 e. The lowest BCUT2D eigenvalue weighted by Crippen LogP contribution is -2.52. The van der Waals surface area contributed by atoms with Gasteiger partial charge in [0.25, 0.3) is 5.91 Å². The molecule has 5 rings (SSSR count). The molecule has 1 aromatic carbocycles. The van der Waals surface area contributed by atoms with Crippen molar-refractivity contribution in [3.63, 3.8) is 0 Å². The number of halogens is 1. The number of aromatic amines is 1. The van der Waals surface area contributed by atoms with Crippen LogP contribution in [0.3, 0.4) is 0 Å². The predicted octanol–water partition coefficient (Wildman–Crippen LogP) is 5.94. The zero-order valence-electron chi connectivity index (χ0n) is 26.8. The molecule has 12 heteroatoms. The number of aromatic nitrogens is 3. The van der Waals surface area contributed by atoms with E-state index < -0.39 is 17.6 Å². The summed E-state index contributed by atoms with van der Waals surface area (Å²) in [6.45, 7) is 11.6. The summed E-state index contributed by atoms with van der Waals surface area (Å²) < 4.78 is 5.69. The molecular formula is C34H40ClN7O4. The number of carbonyl (C=O) groups is 3. The number of anilines is 2. The van der Waals surface area contributed by atoms with Crippen molar-refractivity contribution in [2.75, 3.05) is 42.9 Å². The maximum atomic E-state index is 14.2. The van der Waals surface area contributed by atoms with Crippen LogP contribution in [0.4, 0.5) is 16.2 Å². The number of pyridine rings is 2. The van der Waals surface area contributed by atoms with Crippen LogP contribution in [0.1, 0.15) is 56.5 Å². The van der Waals surface area contributed by atoms with Gasteiger partial charge in [-0.3, -0.25) is 14.6 Å². The summed E-state index contributed by atoms with van der Waals surface area (Å²) >= 11 is 6.18. The van der Waals surface area contributed by atoms with Gasteiger partial charge in [-0.15, -0.1) is 0 Å². The molecule has 3 aromatic heterocycles. The van der Waals surface area contributed by atoms with E-state index in [1.165, 1.54) is 6.20 Å². The standard InChI is InChI=1S/C34H40ClN7O4/c1-22(2)42(33(45)46-34(3,4)5)21-26(23-8-10-25(35)11-9-23)32(44)41-17-15-40(16-18-41)28-12-14-37-30-29(28)27(20-38-30)39-31(43)24-7-6-13-36-19-24/h6-14,19-20,22,26H,15-18,21H2,1-5H3,(H,37,38)(H,39,43). The van der Waals surface area contributed by atoms with Crippen LogP contribution in [0.5, 0.6) is 0 Å². The molecule has 3 amide bonds. The van der Waals surface area contributed by atoms with Gasteiger partial charge in [0, 0.05) is 68.6 Å². The third-order valence-electron chi connectivity index (χ3n) is 7.86. The van der Waals surface area contributed by atoms with Gasteiger partial charge in [0.15, 0.2) is 0 Å². The summed E-state index contributed by atoms with van der Waals surface area (Å²) in [6.07, 6.45) is 6.14. The topological polar surface area (TPSA) is 124 Å². The molecule has 46 heavy (non-hydrogen) atoms. The highest BCUT2D eigenvalue weighted by Crippen LogP contribution is 2.33. The average Bonchev–Trinajstić information content (AvgIpc) is 3.44. The van der Waals surface area contributed by atoms with Gasteiger partial charge in [-0.05, 0) is 70.5 Å². The number of amides is 3. The second-order valence-electron chi connectivity index (χ2n) is 12.6. The molecule has 1 unspecified atom stereocenters. The normalized spacial score (nSPS) is 14.3. The van der Waals surface area contributed by atoms with E-state index in [4.69, 9.17) is 16.3 Å². The van der Waals surface area contributed by atoms with Crippen LogP contribution in [0.2, 0.25) is 5.02 Å². The molecule has 242 valence electrons. The van der Waals surface area contributed by atoms with E-state index in [2.05, 4.69) is 25.2 Å². The number of nitrogens with zero attached hydrogens (tertiary/aromatic N) is 5. The van der Waals surface area contributed by atoms with Crippen LogP contribution in [-0.2, 0) is 9.53 Å². The van der Waals surface area contributed by atoms with Crippen LogP contribution >= 0.6 is 11.6 Å². The molecule has 0 spiro atoms. The quantitative estimate of drug-likeness (QED) is 0.243. The van der Waals surface area contributed by atoms with Gasteiger partial charge in [-0.1, -0.05) is 23.7 Å². The lowest BCUT2D eigenvalue weighted by atomic mass is 9.96. The number of nitrogens with one attached hydrogen (secondary N) is 2. The molecule has 4 heterocycles. The second-order valence-corrected chi connectivity index (χ2v) is 13.0. The monoisotopic (exact) mass is 645 g/mol. The fourth-order valence-corrected chi connectivity index (χ4v) is 5.64. The molecule has 1 aliphatic heterocycles. The van der Waals surface area contributed by atoms with E-state index in [9.17, 15) is 14.4 Å². The molecule has 1 fully saturated rings. The SMILES string of the molecule is CC(C)N(CC(C(=O)N1CCN(c2ccnc3[nH]cc(NC(=O)c4cccnc4)c23)CC1)c1ccc(Cl)cc1)C(=O)OC(C)(C)C. The Kier molecular flexibility index (Phi) is 9.81. The van der Waals surface area contributed by atoms with Gasteiger partial charge in [-0.25, -0.2) is 9.78 Å². The summed E-state index contributed by atoms with van der Waals surface area (Å²) in [5.41, 5.74) is 2.74. The van der Waals surface area contributed by atoms with Gasteiger partial charge in [0.2, 0.25) is 5.91 Å². The van der Waals surface area contributed by atoms with Crippen molar-refractivity contribution in [1.29, 1.82) is 0 Å². The predicted molar refractivity (Wildman–Crippen MR) is 179 cm³/mol. The molecule has 1 saturated heterocycles. The first-order chi connectivity index (χ1) is 21.9. The van der Waals surface area contributed by atoms with Gasteiger partial charge < -0.3 is 29.7 Å². The van der Waals surface area contributed by atoms with Crippen molar-refractivity contribution in [2.24, 2.45) is 0 Å². The van der Waals surface area contributed by atoms with Crippen molar-refractivity contribution < 1.29 is 19.1 Å². The molecule has 0 radical (unpaired) electrons. The molecule has 2 N–H and O–H groups in total. The maximum Gasteiger partial charge on any atom is 0.410 e.